The molecule has 1 heterocycles. The highest BCUT2D eigenvalue weighted by Crippen LogP contribution is 2.25. The number of nitrogens with one attached hydrogen (secondary N) is 1. The van der Waals surface area contributed by atoms with Gasteiger partial charge in [-0.25, -0.2) is 0 Å². The maximum absolute atomic E-state index is 4.68. The van der Waals surface area contributed by atoms with Crippen molar-refractivity contribution in [3.63, 3.8) is 0 Å². The summed E-state index contributed by atoms with van der Waals surface area (Å²) in [6.45, 7) is 9.84. The highest BCUT2D eigenvalue weighted by Gasteiger charge is 2.18. The van der Waals surface area contributed by atoms with Crippen molar-refractivity contribution in [2.75, 3.05) is 7.05 Å². The first-order valence-corrected chi connectivity index (χ1v) is 8.27. The molecule has 0 saturated heterocycles. The molecule has 0 aliphatic heterocycles. The molecule has 3 nitrogen and oxygen atoms in total. The summed E-state index contributed by atoms with van der Waals surface area (Å²) in [5.41, 5.74) is 2.51. The number of halogens is 1. The van der Waals surface area contributed by atoms with Crippen LogP contribution in [0.25, 0.3) is 0 Å². The summed E-state index contributed by atoms with van der Waals surface area (Å²) in [5, 5.41) is 8.14. The van der Waals surface area contributed by atoms with Crippen molar-refractivity contribution < 1.29 is 0 Å². The van der Waals surface area contributed by atoms with Crippen LogP contribution in [0.2, 0.25) is 0 Å². The van der Waals surface area contributed by atoms with Crippen molar-refractivity contribution in [3.8, 4) is 0 Å². The van der Waals surface area contributed by atoms with E-state index in [1.54, 1.807) is 0 Å². The minimum atomic E-state index is 0.526. The summed E-state index contributed by atoms with van der Waals surface area (Å²) in [5.74, 6) is 0.764. The summed E-state index contributed by atoms with van der Waals surface area (Å²) in [7, 11) is 2.06. The van der Waals surface area contributed by atoms with Gasteiger partial charge >= 0.3 is 0 Å². The fourth-order valence-electron chi connectivity index (χ4n) is 2.40. The fourth-order valence-corrected chi connectivity index (χ4v) is 3.13. The Bertz CT molecular complexity index is 387. The average Bonchev–Trinajstić information content (AvgIpc) is 2.73. The molecule has 0 aliphatic carbocycles. The third kappa shape index (κ3) is 4.32. The second kappa shape index (κ2) is 8.05. The Balaban J connectivity index is 2.86. The van der Waals surface area contributed by atoms with Crippen LogP contribution in [0.3, 0.4) is 0 Å². The molecule has 4 heteroatoms. The van der Waals surface area contributed by atoms with Crippen LogP contribution in [0.1, 0.15) is 51.9 Å². The van der Waals surface area contributed by atoms with E-state index in [1.165, 1.54) is 28.7 Å². The number of nitrogens with zero attached hydrogens (tertiary/aromatic N) is 2. The highest BCUT2D eigenvalue weighted by molar-refractivity contribution is 9.10. The Morgan fingerprint density at radius 2 is 2.00 bits per heavy atom. The van der Waals surface area contributed by atoms with Crippen molar-refractivity contribution in [1.82, 2.24) is 15.1 Å². The van der Waals surface area contributed by atoms with E-state index < -0.39 is 0 Å². The monoisotopic (exact) mass is 329 g/mol. The van der Waals surface area contributed by atoms with E-state index in [9.17, 15) is 0 Å². The van der Waals surface area contributed by atoms with Crippen molar-refractivity contribution in [2.45, 2.75) is 66.0 Å². The molecule has 2 atom stereocenters. The maximum atomic E-state index is 4.68. The smallest absolute Gasteiger partial charge is 0.0766 e. The predicted octanol–water partition coefficient (Wildman–Crippen LogP) is 3.79. The van der Waals surface area contributed by atoms with E-state index >= 15 is 0 Å². The zero-order valence-electron chi connectivity index (χ0n) is 13.0. The number of aromatic nitrogens is 2. The van der Waals surface area contributed by atoms with E-state index in [2.05, 4.69) is 65.8 Å². The minimum Gasteiger partial charge on any atom is -0.317 e. The summed E-state index contributed by atoms with van der Waals surface area (Å²) in [6, 6.07) is 0.526. The van der Waals surface area contributed by atoms with Crippen LogP contribution >= 0.6 is 15.9 Å². The van der Waals surface area contributed by atoms with Gasteiger partial charge in [0.15, 0.2) is 0 Å². The van der Waals surface area contributed by atoms with E-state index in [1.807, 2.05) is 0 Å². The topological polar surface area (TPSA) is 29.9 Å². The molecule has 0 amide bonds. The lowest BCUT2D eigenvalue weighted by atomic mass is 9.96. The summed E-state index contributed by atoms with van der Waals surface area (Å²) >= 11 is 3.73. The van der Waals surface area contributed by atoms with Gasteiger partial charge in [-0.1, -0.05) is 27.2 Å². The number of hydrogen-bond donors (Lipinski definition) is 1. The van der Waals surface area contributed by atoms with Crippen LogP contribution in [-0.2, 0) is 19.4 Å². The van der Waals surface area contributed by atoms with Crippen LogP contribution in [0.4, 0.5) is 0 Å². The van der Waals surface area contributed by atoms with Gasteiger partial charge in [0, 0.05) is 19.0 Å². The minimum absolute atomic E-state index is 0.526. The van der Waals surface area contributed by atoms with E-state index in [0.717, 1.165) is 25.3 Å². The van der Waals surface area contributed by atoms with Crippen molar-refractivity contribution in [1.29, 1.82) is 0 Å². The van der Waals surface area contributed by atoms with Crippen molar-refractivity contribution >= 4 is 15.9 Å². The van der Waals surface area contributed by atoms with Gasteiger partial charge in [-0.15, -0.1) is 0 Å². The zero-order valence-corrected chi connectivity index (χ0v) is 14.5. The number of rotatable bonds is 8. The summed E-state index contributed by atoms with van der Waals surface area (Å²) < 4.78 is 3.35. The Morgan fingerprint density at radius 3 is 2.47 bits per heavy atom. The molecule has 0 spiro atoms. The molecule has 1 rings (SSSR count). The normalized spacial score (nSPS) is 14.6. The molecular weight excluding hydrogens is 302 g/mol. The molecule has 1 aromatic rings. The van der Waals surface area contributed by atoms with Gasteiger partial charge in [0.1, 0.15) is 0 Å². The Morgan fingerprint density at radius 1 is 1.32 bits per heavy atom. The largest absolute Gasteiger partial charge is 0.317 e. The molecule has 0 saturated carbocycles. The third-order valence-electron chi connectivity index (χ3n) is 3.93. The molecule has 1 N–H and O–H groups in total. The van der Waals surface area contributed by atoms with E-state index in [-0.39, 0.29) is 0 Å². The van der Waals surface area contributed by atoms with Gasteiger partial charge in [0.25, 0.3) is 0 Å². The molecule has 0 bridgehead atoms. The molecule has 0 radical (unpaired) electrons. The zero-order chi connectivity index (χ0) is 14.4. The lowest BCUT2D eigenvalue weighted by molar-refractivity contribution is 0.402. The highest BCUT2D eigenvalue weighted by atomic mass is 79.9. The molecule has 19 heavy (non-hydrogen) atoms. The Labute approximate surface area is 126 Å². The Kier molecular flexibility index (Phi) is 7.08. The first-order valence-electron chi connectivity index (χ1n) is 7.48. The average molecular weight is 330 g/mol. The molecular formula is C15H28BrN3. The lowest BCUT2D eigenvalue weighted by Gasteiger charge is -2.20. The summed E-state index contributed by atoms with van der Waals surface area (Å²) in [6.07, 6.45) is 4.49. The van der Waals surface area contributed by atoms with Gasteiger partial charge < -0.3 is 5.32 Å². The van der Waals surface area contributed by atoms with Crippen LogP contribution in [-0.4, -0.2) is 22.9 Å². The molecule has 0 fully saturated rings. The quantitative estimate of drug-likeness (QED) is 0.786. The molecule has 2 unspecified atom stereocenters. The molecule has 1 aromatic heterocycles. The first kappa shape index (κ1) is 16.7. The summed E-state index contributed by atoms with van der Waals surface area (Å²) in [4.78, 5) is 0. The predicted molar refractivity (Wildman–Crippen MR) is 85.6 cm³/mol. The number of aryl methyl sites for hydroxylation is 2. The first-order chi connectivity index (χ1) is 9.07. The lowest BCUT2D eigenvalue weighted by Crippen LogP contribution is -2.30. The second-order valence-corrected chi connectivity index (χ2v) is 6.11. The van der Waals surface area contributed by atoms with E-state index in [0.29, 0.717) is 6.04 Å². The van der Waals surface area contributed by atoms with Crippen LogP contribution in [0.5, 0.6) is 0 Å². The van der Waals surface area contributed by atoms with Gasteiger partial charge in [-0.05, 0) is 48.7 Å². The molecule has 0 aromatic carbocycles. The Hall–Kier alpha value is -0.350. The maximum Gasteiger partial charge on any atom is 0.0766 e. The third-order valence-corrected chi connectivity index (χ3v) is 4.84. The second-order valence-electron chi connectivity index (χ2n) is 5.32. The SMILES string of the molecule is CCc1nn(CC)c(CC(CC(C)CC)NC)c1Br. The van der Waals surface area contributed by atoms with Crippen LogP contribution < -0.4 is 5.32 Å². The van der Waals surface area contributed by atoms with Crippen molar-refractivity contribution in [3.05, 3.63) is 15.9 Å². The fraction of sp³-hybridized carbons (Fsp3) is 0.800. The number of hydrogen-bond acceptors (Lipinski definition) is 2. The van der Waals surface area contributed by atoms with Gasteiger partial charge in [0.05, 0.1) is 15.9 Å². The van der Waals surface area contributed by atoms with Gasteiger partial charge in [-0.2, -0.15) is 5.10 Å². The standard InChI is InChI=1S/C15H28BrN3/c1-6-11(4)9-12(17-5)10-14-15(16)13(7-2)18-19(14)8-3/h11-12,17H,6-10H2,1-5H3. The number of likely N-dealkylation sites (N-methyl/N-ethyl adjacent to an activating group) is 1. The van der Waals surface area contributed by atoms with Crippen LogP contribution in [0, 0.1) is 5.92 Å². The van der Waals surface area contributed by atoms with E-state index in [4.69, 9.17) is 0 Å². The van der Waals surface area contributed by atoms with Crippen molar-refractivity contribution in [2.24, 2.45) is 5.92 Å². The van der Waals surface area contributed by atoms with Crippen LogP contribution in [0.15, 0.2) is 4.47 Å². The molecule has 0 aliphatic rings. The van der Waals surface area contributed by atoms with Gasteiger partial charge in [0.2, 0.25) is 0 Å². The van der Waals surface area contributed by atoms with Gasteiger partial charge in [-0.3, -0.25) is 4.68 Å². The molecule has 110 valence electrons.